The fourth-order valence-electron chi connectivity index (χ4n) is 1.80. The van der Waals surface area contributed by atoms with E-state index in [2.05, 4.69) is 0 Å². The zero-order valence-electron chi connectivity index (χ0n) is 10.3. The fourth-order valence-corrected chi connectivity index (χ4v) is 1.80. The van der Waals surface area contributed by atoms with Gasteiger partial charge in [-0.2, -0.15) is 0 Å². The highest BCUT2D eigenvalue weighted by atomic mass is 16.5. The molecule has 0 radical (unpaired) electrons. The van der Waals surface area contributed by atoms with Crippen molar-refractivity contribution in [1.29, 1.82) is 0 Å². The van der Waals surface area contributed by atoms with Crippen molar-refractivity contribution in [2.75, 3.05) is 27.7 Å². The Morgan fingerprint density at radius 1 is 1.35 bits per heavy atom. The molecule has 90 valence electrons. The van der Waals surface area contributed by atoms with Crippen molar-refractivity contribution in [1.82, 2.24) is 9.47 Å². The maximum Gasteiger partial charge on any atom is 0.245 e. The second kappa shape index (κ2) is 4.59. The van der Waals surface area contributed by atoms with E-state index in [0.29, 0.717) is 6.54 Å². The number of fused-ring (bicyclic) bond motifs is 1. The maximum absolute atomic E-state index is 12.0. The third-order valence-electron chi connectivity index (χ3n) is 2.62. The highest BCUT2D eigenvalue weighted by Gasteiger charge is 2.10. The first-order valence-corrected chi connectivity index (χ1v) is 5.45. The van der Waals surface area contributed by atoms with E-state index in [0.717, 1.165) is 16.7 Å². The predicted molar refractivity (Wildman–Crippen MR) is 67.7 cm³/mol. The van der Waals surface area contributed by atoms with E-state index in [1.807, 2.05) is 43.3 Å². The molecule has 4 nitrogen and oxygen atoms in total. The van der Waals surface area contributed by atoms with Gasteiger partial charge in [0, 0.05) is 17.6 Å². The van der Waals surface area contributed by atoms with Gasteiger partial charge in [-0.3, -0.25) is 9.36 Å². The quantitative estimate of drug-likeness (QED) is 0.810. The highest BCUT2D eigenvalue weighted by Crippen LogP contribution is 2.21. The summed E-state index contributed by atoms with van der Waals surface area (Å²) in [6, 6.07) is 7.65. The van der Waals surface area contributed by atoms with Gasteiger partial charge in [0.1, 0.15) is 5.75 Å². The molecule has 2 aromatic rings. The summed E-state index contributed by atoms with van der Waals surface area (Å²) in [6.45, 7) is 0.390. The molecule has 0 aliphatic heterocycles. The Bertz CT molecular complexity index is 543. The second-order valence-electron chi connectivity index (χ2n) is 4.24. The molecule has 0 atom stereocenters. The van der Waals surface area contributed by atoms with Crippen LogP contribution in [0, 0.1) is 0 Å². The normalized spacial score (nSPS) is 11.1. The number of benzene rings is 1. The number of methoxy groups -OCH3 is 1. The minimum absolute atomic E-state index is 0.0539. The molecule has 17 heavy (non-hydrogen) atoms. The summed E-state index contributed by atoms with van der Waals surface area (Å²) in [5, 5.41) is 1.04. The van der Waals surface area contributed by atoms with Crippen molar-refractivity contribution in [3.8, 4) is 5.75 Å². The molecular weight excluding hydrogens is 216 g/mol. The molecule has 1 heterocycles. The number of carbonyl (C=O) groups excluding carboxylic acids is 1. The van der Waals surface area contributed by atoms with E-state index in [9.17, 15) is 4.79 Å². The topological polar surface area (TPSA) is 34.5 Å². The summed E-state index contributed by atoms with van der Waals surface area (Å²) in [7, 11) is 5.38. The lowest BCUT2D eigenvalue weighted by atomic mass is 10.2. The number of hydrogen-bond acceptors (Lipinski definition) is 3. The molecule has 0 saturated heterocycles. The first kappa shape index (κ1) is 11.7. The number of likely N-dealkylation sites (N-methyl/N-ethyl adjacent to an activating group) is 1. The monoisotopic (exact) mass is 232 g/mol. The standard InChI is InChI=1S/C13H16N2O2/c1-14(2)9-13(16)15-7-6-10-4-5-11(17-3)8-12(10)15/h4-8H,9H2,1-3H3. The Hall–Kier alpha value is -1.81. The van der Waals surface area contributed by atoms with Crippen LogP contribution in [0.15, 0.2) is 30.5 Å². The first-order chi connectivity index (χ1) is 8.11. The number of hydrogen-bond donors (Lipinski definition) is 0. The van der Waals surface area contributed by atoms with Crippen LogP contribution in [0.5, 0.6) is 5.75 Å². The Balaban J connectivity index is 2.43. The molecule has 0 saturated carbocycles. The summed E-state index contributed by atoms with van der Waals surface area (Å²) in [5.74, 6) is 0.813. The van der Waals surface area contributed by atoms with Crippen molar-refractivity contribution >= 4 is 16.8 Å². The van der Waals surface area contributed by atoms with Crippen molar-refractivity contribution < 1.29 is 9.53 Å². The van der Waals surface area contributed by atoms with Crippen LogP contribution in [0.25, 0.3) is 10.9 Å². The Morgan fingerprint density at radius 2 is 2.12 bits per heavy atom. The third-order valence-corrected chi connectivity index (χ3v) is 2.62. The highest BCUT2D eigenvalue weighted by molar-refractivity contribution is 5.93. The largest absolute Gasteiger partial charge is 0.497 e. The fraction of sp³-hybridized carbons (Fsp3) is 0.308. The van der Waals surface area contributed by atoms with Crippen LogP contribution in [0.4, 0.5) is 0 Å². The zero-order valence-corrected chi connectivity index (χ0v) is 10.3. The van der Waals surface area contributed by atoms with Crippen molar-refractivity contribution in [2.45, 2.75) is 0 Å². The van der Waals surface area contributed by atoms with Gasteiger partial charge in [-0.25, -0.2) is 0 Å². The molecule has 0 fully saturated rings. The average molecular weight is 232 g/mol. The minimum atomic E-state index is 0.0539. The number of nitrogens with zero attached hydrogens (tertiary/aromatic N) is 2. The van der Waals surface area contributed by atoms with Crippen LogP contribution in [0.1, 0.15) is 4.79 Å². The molecule has 0 aliphatic rings. The van der Waals surface area contributed by atoms with E-state index in [-0.39, 0.29) is 5.91 Å². The minimum Gasteiger partial charge on any atom is -0.497 e. The van der Waals surface area contributed by atoms with Gasteiger partial charge in [-0.05, 0) is 32.3 Å². The van der Waals surface area contributed by atoms with Crippen molar-refractivity contribution in [3.63, 3.8) is 0 Å². The van der Waals surface area contributed by atoms with Gasteiger partial charge in [0.15, 0.2) is 0 Å². The summed E-state index contributed by atoms with van der Waals surface area (Å²) in [5.41, 5.74) is 0.885. The SMILES string of the molecule is COc1ccc2ccn(C(=O)CN(C)C)c2c1. The first-order valence-electron chi connectivity index (χ1n) is 5.45. The van der Waals surface area contributed by atoms with Gasteiger partial charge < -0.3 is 9.64 Å². The zero-order chi connectivity index (χ0) is 12.4. The van der Waals surface area contributed by atoms with E-state index in [1.165, 1.54) is 0 Å². The van der Waals surface area contributed by atoms with Crippen LogP contribution in [-0.4, -0.2) is 43.1 Å². The summed E-state index contributed by atoms with van der Waals surface area (Å²) in [6.07, 6.45) is 1.80. The van der Waals surface area contributed by atoms with E-state index in [1.54, 1.807) is 17.9 Å². The van der Waals surface area contributed by atoms with Gasteiger partial charge in [-0.15, -0.1) is 0 Å². The molecular formula is C13H16N2O2. The molecule has 0 spiro atoms. The summed E-state index contributed by atoms with van der Waals surface area (Å²) in [4.78, 5) is 13.9. The van der Waals surface area contributed by atoms with Crippen LogP contribution >= 0.6 is 0 Å². The molecule has 2 rings (SSSR count). The molecule has 1 aromatic heterocycles. The van der Waals surface area contributed by atoms with Crippen LogP contribution in [-0.2, 0) is 0 Å². The summed E-state index contributed by atoms with van der Waals surface area (Å²) < 4.78 is 6.84. The summed E-state index contributed by atoms with van der Waals surface area (Å²) >= 11 is 0. The van der Waals surface area contributed by atoms with Crippen LogP contribution in [0.2, 0.25) is 0 Å². The third kappa shape index (κ3) is 2.31. The number of aromatic nitrogens is 1. The number of rotatable bonds is 3. The Labute approximate surface area is 100 Å². The number of carbonyl (C=O) groups is 1. The Morgan fingerprint density at radius 3 is 2.76 bits per heavy atom. The van der Waals surface area contributed by atoms with E-state index in [4.69, 9.17) is 4.74 Å². The van der Waals surface area contributed by atoms with Gasteiger partial charge in [-0.1, -0.05) is 0 Å². The molecule has 4 heteroatoms. The smallest absolute Gasteiger partial charge is 0.245 e. The lowest BCUT2D eigenvalue weighted by molar-refractivity contribution is 0.0882. The number of ether oxygens (including phenoxy) is 1. The van der Waals surface area contributed by atoms with E-state index >= 15 is 0 Å². The van der Waals surface area contributed by atoms with E-state index < -0.39 is 0 Å². The maximum atomic E-state index is 12.0. The molecule has 0 amide bonds. The molecule has 1 aromatic carbocycles. The molecule has 0 bridgehead atoms. The van der Waals surface area contributed by atoms with Gasteiger partial charge in [0.2, 0.25) is 5.91 Å². The van der Waals surface area contributed by atoms with Gasteiger partial charge >= 0.3 is 0 Å². The predicted octanol–water partition coefficient (Wildman–Crippen LogP) is 1.85. The molecule has 0 N–H and O–H groups in total. The van der Waals surface area contributed by atoms with Gasteiger partial charge in [0.25, 0.3) is 0 Å². The average Bonchev–Trinajstić information content (AvgIpc) is 2.70. The van der Waals surface area contributed by atoms with Crippen molar-refractivity contribution in [2.24, 2.45) is 0 Å². The van der Waals surface area contributed by atoms with Crippen LogP contribution in [0.3, 0.4) is 0 Å². The van der Waals surface area contributed by atoms with Gasteiger partial charge in [0.05, 0.1) is 19.2 Å². The Kier molecular flexibility index (Phi) is 3.15. The van der Waals surface area contributed by atoms with Crippen molar-refractivity contribution in [3.05, 3.63) is 30.5 Å². The second-order valence-corrected chi connectivity index (χ2v) is 4.24. The van der Waals surface area contributed by atoms with Crippen LogP contribution < -0.4 is 4.74 Å². The molecule has 0 unspecified atom stereocenters. The lowest BCUT2D eigenvalue weighted by Gasteiger charge is -2.10. The lowest BCUT2D eigenvalue weighted by Crippen LogP contribution is -2.25. The molecule has 0 aliphatic carbocycles.